The highest BCUT2D eigenvalue weighted by Gasteiger charge is 2.37. The quantitative estimate of drug-likeness (QED) is 0.827. The molecule has 1 atom stereocenters. The summed E-state index contributed by atoms with van der Waals surface area (Å²) in [6.45, 7) is 1.47. The number of sulfonamides is 1. The molecule has 0 fully saturated rings. The number of para-hydroxylation sites is 2. The van der Waals surface area contributed by atoms with Gasteiger partial charge in [-0.2, -0.15) is 0 Å². The maximum atomic E-state index is 13.3. The molecule has 1 aliphatic rings. The third-order valence-electron chi connectivity index (χ3n) is 4.43. The molecule has 0 unspecified atom stereocenters. The van der Waals surface area contributed by atoms with E-state index in [1.165, 1.54) is 17.0 Å². The lowest BCUT2D eigenvalue weighted by molar-refractivity contribution is -0.122. The molecule has 0 aromatic heterocycles. The summed E-state index contributed by atoms with van der Waals surface area (Å²) >= 11 is 0. The molecule has 148 valence electrons. The zero-order valence-electron chi connectivity index (χ0n) is 15.4. The molecule has 3 rings (SSSR count). The lowest BCUT2D eigenvalue weighted by atomic mass is 10.1. The van der Waals surface area contributed by atoms with Crippen molar-refractivity contribution in [2.75, 3.05) is 27.3 Å². The first-order valence-electron chi connectivity index (χ1n) is 8.67. The van der Waals surface area contributed by atoms with Crippen molar-refractivity contribution >= 4 is 38.9 Å². The van der Waals surface area contributed by atoms with Gasteiger partial charge in [-0.15, -0.1) is 0 Å². The maximum absolute atomic E-state index is 13.3. The van der Waals surface area contributed by atoms with Crippen molar-refractivity contribution < 1.29 is 22.4 Å². The third kappa shape index (κ3) is 3.84. The van der Waals surface area contributed by atoms with Crippen molar-refractivity contribution in [2.24, 2.45) is 0 Å². The van der Waals surface area contributed by atoms with Crippen LogP contribution >= 0.6 is 0 Å². The van der Waals surface area contributed by atoms with E-state index in [1.54, 1.807) is 31.2 Å². The summed E-state index contributed by atoms with van der Waals surface area (Å²) in [5.41, 5.74) is 1.16. The number of halogens is 1. The zero-order chi connectivity index (χ0) is 20.5. The molecule has 28 heavy (non-hydrogen) atoms. The number of carbonyl (C=O) groups is 2. The fraction of sp³-hybridized carbons (Fsp3) is 0.263. The van der Waals surface area contributed by atoms with Gasteiger partial charge in [0.2, 0.25) is 15.9 Å². The Morgan fingerprint density at radius 3 is 2.46 bits per heavy atom. The molecule has 0 saturated carbocycles. The molecule has 0 bridgehead atoms. The van der Waals surface area contributed by atoms with Gasteiger partial charge in [0.15, 0.2) is 0 Å². The van der Waals surface area contributed by atoms with Crippen molar-refractivity contribution in [3.05, 3.63) is 54.3 Å². The first kappa shape index (κ1) is 19.8. The number of nitrogens with one attached hydrogen (secondary N) is 1. The second-order valence-corrected chi connectivity index (χ2v) is 8.31. The number of benzene rings is 2. The molecule has 0 radical (unpaired) electrons. The Hall–Kier alpha value is -2.94. The van der Waals surface area contributed by atoms with E-state index < -0.39 is 27.8 Å². The van der Waals surface area contributed by atoms with Gasteiger partial charge in [-0.05, 0) is 42.8 Å². The van der Waals surface area contributed by atoms with Gasteiger partial charge < -0.3 is 5.32 Å². The Morgan fingerprint density at radius 2 is 1.86 bits per heavy atom. The van der Waals surface area contributed by atoms with Crippen LogP contribution in [0.15, 0.2) is 48.5 Å². The van der Waals surface area contributed by atoms with Crippen molar-refractivity contribution in [1.29, 1.82) is 0 Å². The summed E-state index contributed by atoms with van der Waals surface area (Å²) in [5.74, 6) is -1.41. The number of rotatable bonds is 5. The molecule has 7 nitrogen and oxygen atoms in total. The van der Waals surface area contributed by atoms with E-state index in [9.17, 15) is 22.4 Å². The van der Waals surface area contributed by atoms with Gasteiger partial charge in [-0.1, -0.05) is 19.1 Å². The summed E-state index contributed by atoms with van der Waals surface area (Å²) < 4.78 is 39.3. The molecule has 0 saturated heterocycles. The number of amides is 2. The second-order valence-electron chi connectivity index (χ2n) is 6.45. The van der Waals surface area contributed by atoms with Gasteiger partial charge in [-0.3, -0.25) is 18.8 Å². The lowest BCUT2D eigenvalue weighted by Gasteiger charge is -2.36. The van der Waals surface area contributed by atoms with Crippen molar-refractivity contribution in [1.82, 2.24) is 0 Å². The number of hydrogen-bond donors (Lipinski definition) is 1. The molecule has 1 heterocycles. The second kappa shape index (κ2) is 7.59. The zero-order valence-corrected chi connectivity index (χ0v) is 16.2. The summed E-state index contributed by atoms with van der Waals surface area (Å²) in [4.78, 5) is 26.7. The SMILES string of the molecule is CC[C@H](C(=O)N1CC(=O)Nc2ccccc21)N(c1ccc(F)cc1)S(C)(=O)=O. The monoisotopic (exact) mass is 405 g/mol. The van der Waals surface area contributed by atoms with Crippen molar-refractivity contribution in [3.8, 4) is 0 Å². The van der Waals surface area contributed by atoms with E-state index in [2.05, 4.69) is 5.32 Å². The molecule has 2 amide bonds. The Kier molecular flexibility index (Phi) is 5.37. The fourth-order valence-corrected chi connectivity index (χ4v) is 4.45. The Bertz CT molecular complexity index is 1010. The predicted molar refractivity (Wildman–Crippen MR) is 105 cm³/mol. The molecule has 9 heteroatoms. The van der Waals surface area contributed by atoms with Gasteiger partial charge in [-0.25, -0.2) is 12.8 Å². The Labute approximate surface area is 162 Å². The van der Waals surface area contributed by atoms with Crippen LogP contribution in [0.4, 0.5) is 21.5 Å². The average molecular weight is 405 g/mol. The molecule has 1 aliphatic heterocycles. The van der Waals surface area contributed by atoms with Gasteiger partial charge in [0, 0.05) is 0 Å². The molecular weight excluding hydrogens is 385 g/mol. The van der Waals surface area contributed by atoms with E-state index in [0.717, 1.165) is 22.7 Å². The van der Waals surface area contributed by atoms with Crippen LogP contribution in [-0.4, -0.2) is 39.1 Å². The lowest BCUT2D eigenvalue weighted by Crippen LogP contribution is -2.53. The molecular formula is C19H20FN3O4S. The third-order valence-corrected chi connectivity index (χ3v) is 5.61. The highest BCUT2D eigenvalue weighted by atomic mass is 32.2. The van der Waals surface area contributed by atoms with E-state index in [4.69, 9.17) is 0 Å². The number of carbonyl (C=O) groups excluding carboxylic acids is 2. The van der Waals surface area contributed by atoms with E-state index in [0.29, 0.717) is 11.4 Å². The first-order chi connectivity index (χ1) is 13.2. The van der Waals surface area contributed by atoms with Crippen molar-refractivity contribution in [3.63, 3.8) is 0 Å². The van der Waals surface area contributed by atoms with Gasteiger partial charge >= 0.3 is 0 Å². The fourth-order valence-electron chi connectivity index (χ4n) is 3.24. The first-order valence-corrected chi connectivity index (χ1v) is 10.5. The van der Waals surface area contributed by atoms with Crippen LogP contribution in [-0.2, 0) is 19.6 Å². The predicted octanol–water partition coefficient (Wildman–Crippen LogP) is 2.36. The van der Waals surface area contributed by atoms with Gasteiger partial charge in [0.1, 0.15) is 18.4 Å². The highest BCUT2D eigenvalue weighted by Crippen LogP contribution is 2.31. The average Bonchev–Trinajstić information content (AvgIpc) is 2.65. The van der Waals surface area contributed by atoms with Crippen LogP contribution in [0, 0.1) is 5.82 Å². The van der Waals surface area contributed by atoms with Crippen molar-refractivity contribution in [2.45, 2.75) is 19.4 Å². The summed E-state index contributed by atoms with van der Waals surface area (Å²) in [5, 5.41) is 2.69. The smallest absolute Gasteiger partial charge is 0.251 e. The number of anilines is 3. The topological polar surface area (TPSA) is 86.8 Å². The Morgan fingerprint density at radius 1 is 1.21 bits per heavy atom. The normalized spacial score (nSPS) is 14.8. The van der Waals surface area contributed by atoms with E-state index >= 15 is 0 Å². The van der Waals surface area contributed by atoms with Crippen LogP contribution in [0.5, 0.6) is 0 Å². The number of hydrogen-bond acceptors (Lipinski definition) is 4. The molecule has 1 N–H and O–H groups in total. The summed E-state index contributed by atoms with van der Waals surface area (Å²) in [7, 11) is -3.85. The minimum atomic E-state index is -3.85. The van der Waals surface area contributed by atoms with Gasteiger partial charge in [0.25, 0.3) is 5.91 Å². The van der Waals surface area contributed by atoms with E-state index in [1.807, 2.05) is 0 Å². The van der Waals surface area contributed by atoms with Crippen LogP contribution in [0.2, 0.25) is 0 Å². The standard InChI is InChI=1S/C19H20FN3O4S/c1-3-16(23(28(2,26)27)14-10-8-13(20)9-11-14)19(25)22-12-18(24)21-15-6-4-5-7-17(15)22/h4-11,16H,3,12H2,1-2H3,(H,21,24)/t16-/m1/s1. The summed E-state index contributed by atoms with van der Waals surface area (Å²) in [6.07, 6.45) is 1.16. The Balaban J connectivity index is 2.04. The van der Waals surface area contributed by atoms with Crippen LogP contribution in [0.1, 0.15) is 13.3 Å². The molecule has 2 aromatic rings. The summed E-state index contributed by atoms with van der Waals surface area (Å²) in [6, 6.07) is 10.6. The number of nitrogens with zero attached hydrogens (tertiary/aromatic N) is 2. The molecule has 0 spiro atoms. The highest BCUT2D eigenvalue weighted by molar-refractivity contribution is 7.92. The van der Waals surface area contributed by atoms with Crippen LogP contribution in [0.25, 0.3) is 0 Å². The largest absolute Gasteiger partial charge is 0.323 e. The number of fused-ring (bicyclic) bond motifs is 1. The maximum Gasteiger partial charge on any atom is 0.251 e. The molecule has 0 aliphatic carbocycles. The van der Waals surface area contributed by atoms with Gasteiger partial charge in [0.05, 0.1) is 23.3 Å². The minimum Gasteiger partial charge on any atom is -0.323 e. The van der Waals surface area contributed by atoms with Crippen LogP contribution in [0.3, 0.4) is 0 Å². The minimum absolute atomic E-state index is 0.170. The van der Waals surface area contributed by atoms with Crippen LogP contribution < -0.4 is 14.5 Å². The van der Waals surface area contributed by atoms with E-state index in [-0.39, 0.29) is 24.6 Å². The molecule has 2 aromatic carbocycles.